The first-order chi connectivity index (χ1) is 13.8. The summed E-state index contributed by atoms with van der Waals surface area (Å²) in [6.07, 6.45) is 3.38. The monoisotopic (exact) mass is 392 g/mol. The van der Waals surface area contributed by atoms with Crippen molar-refractivity contribution in [3.8, 4) is 0 Å². The molecule has 2 atom stereocenters. The molecule has 1 heterocycles. The molecule has 2 aromatic rings. The zero-order valence-electron chi connectivity index (χ0n) is 17.5. The number of likely N-dealkylation sites (tertiary alicyclic amines) is 1. The predicted octanol–water partition coefficient (Wildman–Crippen LogP) is 3.31. The maximum Gasteiger partial charge on any atom is 0.248 e. The van der Waals surface area contributed by atoms with Crippen LogP contribution in [0.2, 0.25) is 0 Å². The van der Waals surface area contributed by atoms with Gasteiger partial charge in [0.25, 0.3) is 0 Å². The van der Waals surface area contributed by atoms with Gasteiger partial charge in [0, 0.05) is 31.5 Å². The molecule has 29 heavy (non-hydrogen) atoms. The number of aliphatic hydroxyl groups is 1. The lowest BCUT2D eigenvalue weighted by molar-refractivity contribution is 0.0206. The van der Waals surface area contributed by atoms with Crippen LogP contribution in [0, 0.1) is 5.92 Å². The normalized spacial score (nSPS) is 26.2. The highest BCUT2D eigenvalue weighted by Gasteiger charge is 2.40. The molecule has 2 aromatic carbocycles. The van der Waals surface area contributed by atoms with E-state index in [0.29, 0.717) is 11.5 Å². The number of hydrogen-bond donors (Lipinski definition) is 2. The van der Waals surface area contributed by atoms with Crippen LogP contribution in [0.15, 0.2) is 48.5 Å². The molecule has 1 fully saturated rings. The topological polar surface area (TPSA) is 66.6 Å². The molecule has 1 saturated heterocycles. The Morgan fingerprint density at radius 3 is 2.48 bits per heavy atom. The molecule has 0 aromatic heterocycles. The highest BCUT2D eigenvalue weighted by atomic mass is 16.3. The van der Waals surface area contributed by atoms with Gasteiger partial charge in [-0.1, -0.05) is 50.2 Å². The van der Waals surface area contributed by atoms with E-state index in [1.165, 1.54) is 16.7 Å². The van der Waals surface area contributed by atoms with Crippen molar-refractivity contribution < 1.29 is 9.90 Å². The van der Waals surface area contributed by atoms with Gasteiger partial charge in [-0.15, -0.1) is 0 Å². The zero-order chi connectivity index (χ0) is 20.6. The van der Waals surface area contributed by atoms with Gasteiger partial charge in [-0.2, -0.15) is 0 Å². The summed E-state index contributed by atoms with van der Waals surface area (Å²) in [4.78, 5) is 14.1. The van der Waals surface area contributed by atoms with Gasteiger partial charge in [0.2, 0.25) is 5.91 Å². The van der Waals surface area contributed by atoms with Gasteiger partial charge in [0.15, 0.2) is 0 Å². The van der Waals surface area contributed by atoms with Crippen LogP contribution in [0.4, 0.5) is 0 Å². The van der Waals surface area contributed by atoms with Crippen LogP contribution in [-0.4, -0.2) is 41.1 Å². The Balaban J connectivity index is 1.38. The number of benzene rings is 2. The first-order valence-electron chi connectivity index (χ1n) is 10.7. The number of amides is 1. The molecule has 1 aliphatic carbocycles. The first-order valence-corrected chi connectivity index (χ1v) is 10.7. The predicted molar refractivity (Wildman–Crippen MR) is 116 cm³/mol. The molecular formula is C25H32N2O2. The maximum atomic E-state index is 11.6. The quantitative estimate of drug-likeness (QED) is 0.820. The van der Waals surface area contributed by atoms with E-state index in [9.17, 15) is 9.90 Å². The lowest BCUT2D eigenvalue weighted by atomic mass is 9.67. The van der Waals surface area contributed by atoms with E-state index in [1.54, 1.807) is 6.07 Å². The minimum atomic E-state index is -0.608. The van der Waals surface area contributed by atoms with Gasteiger partial charge in [0.05, 0.1) is 5.60 Å². The minimum absolute atomic E-state index is 0.0302. The number of hydrogen-bond acceptors (Lipinski definition) is 3. The van der Waals surface area contributed by atoms with Crippen LogP contribution in [0.25, 0.3) is 0 Å². The average molecular weight is 393 g/mol. The molecule has 1 aliphatic heterocycles. The lowest BCUT2D eigenvalue weighted by Crippen LogP contribution is -2.48. The molecule has 2 aliphatic rings. The summed E-state index contributed by atoms with van der Waals surface area (Å²) in [6.45, 7) is 7.52. The Labute approximate surface area is 173 Å². The van der Waals surface area contributed by atoms with Gasteiger partial charge < -0.3 is 15.7 Å². The van der Waals surface area contributed by atoms with Gasteiger partial charge >= 0.3 is 0 Å². The van der Waals surface area contributed by atoms with Crippen LogP contribution in [-0.2, 0) is 18.3 Å². The van der Waals surface area contributed by atoms with Crippen molar-refractivity contribution >= 4 is 5.91 Å². The Morgan fingerprint density at radius 2 is 1.86 bits per heavy atom. The number of nitrogens with zero attached hydrogens (tertiary/aromatic N) is 1. The van der Waals surface area contributed by atoms with Gasteiger partial charge in [-0.3, -0.25) is 4.79 Å². The standard InChI is InChI=1S/C25H32N2O2/c1-18-17-27(13-11-25(29)15-20-6-3-4-7-21(20)16-25)12-10-24(18,2)22-9-5-8-19(14-22)23(26)28/h3-9,14,18,29H,10-13,15-17H2,1-2H3,(H2,26,28)/t18-,24+/m1/s1. The highest BCUT2D eigenvalue weighted by molar-refractivity contribution is 5.92. The second-order valence-corrected chi connectivity index (χ2v) is 9.41. The lowest BCUT2D eigenvalue weighted by Gasteiger charge is -2.45. The van der Waals surface area contributed by atoms with Crippen LogP contribution in [0.1, 0.15) is 53.7 Å². The van der Waals surface area contributed by atoms with E-state index in [1.807, 2.05) is 12.1 Å². The average Bonchev–Trinajstić information content (AvgIpc) is 3.05. The third kappa shape index (κ3) is 3.96. The number of piperidine rings is 1. The largest absolute Gasteiger partial charge is 0.389 e. The number of carbonyl (C=O) groups excluding carboxylic acids is 1. The van der Waals surface area contributed by atoms with E-state index in [4.69, 9.17) is 5.73 Å². The Kier molecular flexibility index (Phi) is 5.26. The van der Waals surface area contributed by atoms with Crippen molar-refractivity contribution in [1.29, 1.82) is 0 Å². The molecule has 0 saturated carbocycles. The SMILES string of the molecule is C[C@@H]1CN(CCC2(O)Cc3ccccc3C2)CC[C@]1(C)c1cccc(C(N)=O)c1. The smallest absolute Gasteiger partial charge is 0.248 e. The van der Waals surface area contributed by atoms with Gasteiger partial charge in [-0.05, 0) is 59.5 Å². The summed E-state index contributed by atoms with van der Waals surface area (Å²) in [5.74, 6) is 0.0844. The van der Waals surface area contributed by atoms with E-state index in [2.05, 4.69) is 49.1 Å². The molecule has 4 rings (SSSR count). The number of rotatable bonds is 5. The summed E-state index contributed by atoms with van der Waals surface area (Å²) in [7, 11) is 0. The van der Waals surface area contributed by atoms with Gasteiger partial charge in [0.1, 0.15) is 0 Å². The third-order valence-electron chi connectivity index (χ3n) is 7.42. The van der Waals surface area contributed by atoms with Crippen LogP contribution >= 0.6 is 0 Å². The summed E-state index contributed by atoms with van der Waals surface area (Å²) >= 11 is 0. The van der Waals surface area contributed by atoms with Crippen LogP contribution < -0.4 is 5.73 Å². The second kappa shape index (κ2) is 7.58. The van der Waals surface area contributed by atoms with Crippen molar-refractivity contribution in [1.82, 2.24) is 4.90 Å². The van der Waals surface area contributed by atoms with Crippen molar-refractivity contribution in [3.05, 3.63) is 70.8 Å². The fraction of sp³-hybridized carbons (Fsp3) is 0.480. The van der Waals surface area contributed by atoms with E-state index in [0.717, 1.165) is 45.3 Å². The minimum Gasteiger partial charge on any atom is -0.389 e. The maximum absolute atomic E-state index is 11.6. The fourth-order valence-corrected chi connectivity index (χ4v) is 5.19. The Morgan fingerprint density at radius 1 is 1.17 bits per heavy atom. The molecule has 3 N–H and O–H groups in total. The third-order valence-corrected chi connectivity index (χ3v) is 7.42. The molecule has 0 spiro atoms. The van der Waals surface area contributed by atoms with Crippen molar-refractivity contribution in [2.75, 3.05) is 19.6 Å². The van der Waals surface area contributed by atoms with Crippen molar-refractivity contribution in [3.63, 3.8) is 0 Å². The molecule has 4 nitrogen and oxygen atoms in total. The van der Waals surface area contributed by atoms with E-state index in [-0.39, 0.29) is 11.3 Å². The van der Waals surface area contributed by atoms with Crippen LogP contribution in [0.3, 0.4) is 0 Å². The molecular weight excluding hydrogens is 360 g/mol. The molecule has 0 radical (unpaired) electrons. The molecule has 1 amide bonds. The van der Waals surface area contributed by atoms with Gasteiger partial charge in [-0.25, -0.2) is 0 Å². The summed E-state index contributed by atoms with van der Waals surface area (Å²) in [6, 6.07) is 16.2. The summed E-state index contributed by atoms with van der Waals surface area (Å²) in [5, 5.41) is 11.1. The highest BCUT2D eigenvalue weighted by Crippen LogP contribution is 2.40. The summed E-state index contributed by atoms with van der Waals surface area (Å²) in [5.41, 5.74) is 9.28. The zero-order valence-corrected chi connectivity index (χ0v) is 17.5. The van der Waals surface area contributed by atoms with Crippen molar-refractivity contribution in [2.24, 2.45) is 11.7 Å². The number of carbonyl (C=O) groups is 1. The Hall–Kier alpha value is -2.17. The summed E-state index contributed by atoms with van der Waals surface area (Å²) < 4.78 is 0. The van der Waals surface area contributed by atoms with E-state index < -0.39 is 5.60 Å². The van der Waals surface area contributed by atoms with Crippen LogP contribution in [0.5, 0.6) is 0 Å². The number of primary amides is 1. The molecule has 0 unspecified atom stereocenters. The first kappa shape index (κ1) is 20.1. The Bertz CT molecular complexity index is 884. The van der Waals surface area contributed by atoms with Crippen molar-refractivity contribution in [2.45, 2.75) is 50.5 Å². The fourth-order valence-electron chi connectivity index (χ4n) is 5.19. The molecule has 0 bridgehead atoms. The number of fused-ring (bicyclic) bond motifs is 1. The second-order valence-electron chi connectivity index (χ2n) is 9.41. The molecule has 154 valence electrons. The van der Waals surface area contributed by atoms with E-state index >= 15 is 0 Å². The number of nitrogens with two attached hydrogens (primary N) is 1. The molecule has 4 heteroatoms.